The molecule has 0 aliphatic rings. The maximum atomic E-state index is 12.9. The second-order valence-electron chi connectivity index (χ2n) is 27.2. The fraction of sp³-hybridized carbons (Fsp3) is 0.729. The molecule has 0 aromatic heterocycles. The second kappa shape index (κ2) is 77.6. The van der Waals surface area contributed by atoms with Crippen LogP contribution in [0, 0.1) is 0 Å². The van der Waals surface area contributed by atoms with E-state index in [1.54, 1.807) is 0 Å². The van der Waals surface area contributed by atoms with Crippen molar-refractivity contribution >= 4 is 33.6 Å². The number of phosphoric acid groups is 2. The third-order valence-corrected chi connectivity index (χ3v) is 19.0. The van der Waals surface area contributed by atoms with Crippen LogP contribution in [0.5, 0.6) is 0 Å². The Labute approximate surface area is 627 Å². The van der Waals surface area contributed by atoms with Crippen LogP contribution in [-0.2, 0) is 55.8 Å². The zero-order valence-electron chi connectivity index (χ0n) is 65.0. The number of hydrogen-bond donors (Lipinski definition) is 4. The Morgan fingerprint density at radius 1 is 0.282 bits per heavy atom. The molecule has 4 N–H and O–H groups in total. The van der Waals surface area contributed by atoms with Crippen LogP contribution in [0.25, 0.3) is 0 Å². The minimum Gasteiger partial charge on any atom is -0.463 e. The summed E-state index contributed by atoms with van der Waals surface area (Å²) >= 11 is 0. The molecule has 0 heterocycles. The molecule has 5 unspecified atom stereocenters. The first-order valence-corrected chi connectivity index (χ1v) is 43.8. The van der Waals surface area contributed by atoms with E-state index in [0.29, 0.717) is 19.3 Å². The molecule has 0 fully saturated rings. The Balaban J connectivity index is 4.36. The van der Waals surface area contributed by atoms with Crippen LogP contribution in [0.15, 0.2) is 122 Å². The molecule has 0 aliphatic heterocycles. The Kier molecular flexibility index (Phi) is 74.5. The molecule has 0 spiro atoms. The van der Waals surface area contributed by atoms with Crippen LogP contribution in [0.1, 0.15) is 342 Å². The van der Waals surface area contributed by atoms with Crippen molar-refractivity contribution in [2.75, 3.05) is 39.6 Å². The second-order valence-corrected chi connectivity index (χ2v) is 30.1. The largest absolute Gasteiger partial charge is 0.472 e. The number of aliphatic hydroxyl groups excluding tert-OH is 2. The van der Waals surface area contributed by atoms with E-state index >= 15 is 0 Å². The van der Waals surface area contributed by atoms with E-state index in [1.807, 2.05) is 0 Å². The lowest BCUT2D eigenvalue weighted by atomic mass is 10.0. The number of unbranched alkanes of at least 4 members (excludes halogenated alkanes) is 34. The maximum Gasteiger partial charge on any atom is 0.472 e. The van der Waals surface area contributed by atoms with Crippen LogP contribution in [0.4, 0.5) is 0 Å². The summed E-state index contributed by atoms with van der Waals surface area (Å²) < 4.78 is 61.1. The van der Waals surface area contributed by atoms with E-state index in [1.165, 1.54) is 122 Å². The topological polar surface area (TPSA) is 231 Å². The molecule has 0 aromatic rings. The molecule has 0 saturated carbocycles. The summed E-state index contributed by atoms with van der Waals surface area (Å²) in [7, 11) is -9.79. The van der Waals surface area contributed by atoms with Gasteiger partial charge in [0.25, 0.3) is 0 Å². The molecule has 0 amide bonds. The third-order valence-electron chi connectivity index (χ3n) is 17.1. The van der Waals surface area contributed by atoms with Crippen LogP contribution in [0.3, 0.4) is 0 Å². The Hall–Kier alpha value is -4.05. The summed E-state index contributed by atoms with van der Waals surface area (Å²) in [5.74, 6) is -1.60. The fourth-order valence-corrected chi connectivity index (χ4v) is 12.5. The first kappa shape index (κ1) is 98.9. The molecule has 5 atom stereocenters. The highest BCUT2D eigenvalue weighted by molar-refractivity contribution is 7.47. The average Bonchev–Trinajstić information content (AvgIpc) is 0.925. The molecule has 0 bridgehead atoms. The Bertz CT molecular complexity index is 2360. The molecule has 594 valence electrons. The number of ether oxygens (including phenoxy) is 3. The van der Waals surface area contributed by atoms with Crippen molar-refractivity contribution in [2.45, 2.75) is 360 Å². The summed E-state index contributed by atoms with van der Waals surface area (Å²) in [6.07, 6.45) is 92.7. The fourth-order valence-electron chi connectivity index (χ4n) is 10.9. The van der Waals surface area contributed by atoms with Gasteiger partial charge in [0.1, 0.15) is 25.4 Å². The van der Waals surface area contributed by atoms with Crippen molar-refractivity contribution < 1.29 is 75.8 Å². The number of rotatable bonds is 77. The maximum absolute atomic E-state index is 12.9. The van der Waals surface area contributed by atoms with Gasteiger partial charge in [0, 0.05) is 19.3 Å². The molecular formula is C85H148O16P2. The predicted molar refractivity (Wildman–Crippen MR) is 427 cm³/mol. The molecule has 0 rings (SSSR count). The number of esters is 3. The van der Waals surface area contributed by atoms with Gasteiger partial charge in [-0.25, -0.2) is 9.13 Å². The van der Waals surface area contributed by atoms with Crippen molar-refractivity contribution in [2.24, 2.45) is 0 Å². The van der Waals surface area contributed by atoms with E-state index < -0.39 is 91.5 Å². The van der Waals surface area contributed by atoms with E-state index in [0.717, 1.165) is 161 Å². The smallest absolute Gasteiger partial charge is 0.463 e. The lowest BCUT2D eigenvalue weighted by Gasteiger charge is -2.21. The van der Waals surface area contributed by atoms with Crippen molar-refractivity contribution in [3.05, 3.63) is 122 Å². The molecule has 18 heteroatoms. The van der Waals surface area contributed by atoms with E-state index in [-0.39, 0.29) is 19.3 Å². The quantitative estimate of drug-likeness (QED) is 0.0146. The van der Waals surface area contributed by atoms with Gasteiger partial charge in [0.15, 0.2) is 6.10 Å². The third kappa shape index (κ3) is 78.8. The first-order valence-electron chi connectivity index (χ1n) is 40.8. The number of carbonyl (C=O) groups is 3. The van der Waals surface area contributed by atoms with Gasteiger partial charge in [-0.2, -0.15) is 0 Å². The van der Waals surface area contributed by atoms with E-state index in [9.17, 15) is 43.5 Å². The molecule has 16 nitrogen and oxygen atoms in total. The number of carbonyl (C=O) groups excluding carboxylic acids is 3. The van der Waals surface area contributed by atoms with Crippen molar-refractivity contribution in [1.29, 1.82) is 0 Å². The van der Waals surface area contributed by atoms with Crippen molar-refractivity contribution in [1.82, 2.24) is 0 Å². The minimum atomic E-state index is -4.93. The normalized spacial score (nSPS) is 14.6. The summed E-state index contributed by atoms with van der Waals surface area (Å²) in [6.45, 7) is 2.46. The summed E-state index contributed by atoms with van der Waals surface area (Å²) in [6, 6.07) is 0. The number of phosphoric ester groups is 2. The van der Waals surface area contributed by atoms with Crippen LogP contribution in [-0.4, -0.2) is 95.9 Å². The lowest BCUT2D eigenvalue weighted by molar-refractivity contribution is -0.161. The predicted octanol–water partition coefficient (Wildman–Crippen LogP) is 24.1. The number of aliphatic hydroxyl groups is 2. The van der Waals surface area contributed by atoms with Gasteiger partial charge in [0.2, 0.25) is 0 Å². The van der Waals surface area contributed by atoms with Gasteiger partial charge in [-0.05, 0) is 128 Å². The highest BCUT2D eigenvalue weighted by Gasteiger charge is 2.29. The van der Waals surface area contributed by atoms with Gasteiger partial charge in [-0.1, -0.05) is 316 Å². The number of hydrogen-bond acceptors (Lipinski definition) is 14. The first-order chi connectivity index (χ1) is 50.2. The minimum absolute atomic E-state index is 0.0846. The van der Waals surface area contributed by atoms with Crippen LogP contribution < -0.4 is 0 Å². The molecule has 0 saturated heterocycles. The van der Waals surface area contributed by atoms with E-state index in [2.05, 4.69) is 142 Å². The van der Waals surface area contributed by atoms with Crippen LogP contribution >= 0.6 is 15.6 Å². The van der Waals surface area contributed by atoms with Gasteiger partial charge in [-0.3, -0.25) is 32.5 Å². The summed E-state index contributed by atoms with van der Waals surface area (Å²) in [5, 5.41) is 20.6. The van der Waals surface area contributed by atoms with Crippen LogP contribution in [0.2, 0.25) is 0 Å². The molecule has 0 aliphatic carbocycles. The lowest BCUT2D eigenvalue weighted by Crippen LogP contribution is -2.30. The van der Waals surface area contributed by atoms with Gasteiger partial charge >= 0.3 is 33.6 Å². The summed E-state index contributed by atoms with van der Waals surface area (Å²) in [5.41, 5.74) is 0. The molecular weight excluding hydrogens is 1340 g/mol. The monoisotopic (exact) mass is 1490 g/mol. The standard InChI is InChI=1S/C85H148O16P2/c1-4-7-10-13-16-19-22-25-27-29-31-32-33-34-35-36-37-38-39-40-41-42-43-44-45-46-48-50-51-54-56-59-62-65-68-71-83(88)95-74-80(86)75-97-102(91,92)98-76-81(87)77-99-103(93,94)100-79-82(101-85(90)73-70-67-64-61-58-53-24-21-18-15-12-9-6-3)78-96-84(89)72-69-66-63-60-57-55-52-49-47-30-28-26-23-20-17-14-11-8-5-2/h7,10,12,15-17,19-21,24-28,31-32,34-35,47,49,80-82,86-87H,4-6,8-9,11,13-14,18,22-23,29-30,33,36-46,48,50-79H2,1-3H3,(H,91,92)(H,93,94)/b10-7-,15-12-,19-16-,20-17-,24-21-,27-25-,28-26-,32-31-,35-34-,49-47-. The number of allylic oxidation sites excluding steroid dienone is 20. The van der Waals surface area contributed by atoms with Gasteiger partial charge in [-0.15, -0.1) is 0 Å². The molecule has 0 radical (unpaired) electrons. The molecule has 103 heavy (non-hydrogen) atoms. The zero-order valence-corrected chi connectivity index (χ0v) is 66.7. The summed E-state index contributed by atoms with van der Waals surface area (Å²) in [4.78, 5) is 58.6. The van der Waals surface area contributed by atoms with Gasteiger partial charge < -0.3 is 34.2 Å². The van der Waals surface area contributed by atoms with Gasteiger partial charge in [0.05, 0.1) is 26.4 Å². The van der Waals surface area contributed by atoms with Crippen molar-refractivity contribution in [3.8, 4) is 0 Å². The highest BCUT2D eigenvalue weighted by Crippen LogP contribution is 2.45. The highest BCUT2D eigenvalue weighted by atomic mass is 31.2. The Morgan fingerprint density at radius 3 is 0.854 bits per heavy atom. The zero-order chi connectivity index (χ0) is 75.2. The Morgan fingerprint density at radius 2 is 0.534 bits per heavy atom. The van der Waals surface area contributed by atoms with E-state index in [4.69, 9.17) is 32.3 Å². The van der Waals surface area contributed by atoms with Crippen molar-refractivity contribution in [3.63, 3.8) is 0 Å². The molecule has 0 aromatic carbocycles. The SMILES string of the molecule is CC/C=C\C/C=C\C/C=C\C/C=C\C/C=C\CCCCCCCCCCCCCCCCCCCCCC(=O)OCC(O)COP(=O)(O)OCC(O)COP(=O)(O)OCC(COC(=O)CCCCCCCC/C=C\C/C=C\C/C=C\CCCCC)OC(=O)CCCCCCC/C=C\C/C=C\CCC. The average molecular weight is 1490 g/mol.